The highest BCUT2D eigenvalue weighted by Gasteiger charge is 2.12. The number of carbonyl (C=O) groups is 1. The molecule has 0 saturated carbocycles. The molecule has 27 heavy (non-hydrogen) atoms. The summed E-state index contributed by atoms with van der Waals surface area (Å²) in [5.74, 6) is 6.17. The van der Waals surface area contributed by atoms with Gasteiger partial charge in [0.1, 0.15) is 0 Å². The average molecular weight is 467 g/mol. The van der Waals surface area contributed by atoms with Gasteiger partial charge in [0, 0.05) is 16.0 Å². The fourth-order valence-corrected chi connectivity index (χ4v) is 3.38. The molecule has 140 valence electrons. The molecular formula is C15H15BrN8OS2. The minimum atomic E-state index is -0.198. The van der Waals surface area contributed by atoms with Gasteiger partial charge in [-0.2, -0.15) is 5.10 Å². The molecule has 12 heteroatoms. The smallest absolute Gasteiger partial charge is 0.264 e. The number of anilines is 2. The lowest BCUT2D eigenvalue weighted by molar-refractivity contribution is -0.113. The van der Waals surface area contributed by atoms with Crippen LogP contribution >= 0.6 is 39.0 Å². The van der Waals surface area contributed by atoms with E-state index in [0.29, 0.717) is 10.3 Å². The third-order valence-electron chi connectivity index (χ3n) is 3.26. The van der Waals surface area contributed by atoms with E-state index in [-0.39, 0.29) is 17.6 Å². The topological polar surface area (TPSA) is 123 Å². The van der Waals surface area contributed by atoms with Crippen molar-refractivity contribution in [3.8, 4) is 0 Å². The van der Waals surface area contributed by atoms with Crippen molar-refractivity contribution in [2.24, 2.45) is 5.10 Å². The molecule has 9 nitrogen and oxygen atoms in total. The van der Waals surface area contributed by atoms with Crippen LogP contribution in [0.25, 0.3) is 0 Å². The molecule has 2 aromatic heterocycles. The van der Waals surface area contributed by atoms with E-state index in [1.165, 1.54) is 27.8 Å². The minimum Gasteiger partial charge on any atom is -0.334 e. The predicted molar refractivity (Wildman–Crippen MR) is 112 cm³/mol. The fourth-order valence-electron chi connectivity index (χ4n) is 1.91. The summed E-state index contributed by atoms with van der Waals surface area (Å²) >= 11 is 5.91. The molecular weight excluding hydrogens is 452 g/mol. The molecule has 0 radical (unpaired) electrons. The van der Waals surface area contributed by atoms with Crippen LogP contribution in [0.1, 0.15) is 12.5 Å². The molecule has 0 bridgehead atoms. The SMILES string of the molecule is C/C(=N\Nc1nnc(SCC(=O)Nc2nccs2)n1N)c1ccc(Br)cc1. The predicted octanol–water partition coefficient (Wildman–Crippen LogP) is 2.78. The number of halogens is 1. The van der Waals surface area contributed by atoms with E-state index in [1.54, 1.807) is 11.6 Å². The highest BCUT2D eigenvalue weighted by atomic mass is 79.9. The summed E-state index contributed by atoms with van der Waals surface area (Å²) in [6, 6.07) is 7.76. The van der Waals surface area contributed by atoms with Crippen molar-refractivity contribution in [3.05, 3.63) is 45.9 Å². The number of hydrazone groups is 1. The second kappa shape index (κ2) is 8.97. The number of rotatable bonds is 7. The summed E-state index contributed by atoms with van der Waals surface area (Å²) in [5, 5.41) is 17.6. The first-order chi connectivity index (χ1) is 13.0. The van der Waals surface area contributed by atoms with Gasteiger partial charge in [0.05, 0.1) is 11.5 Å². The van der Waals surface area contributed by atoms with Gasteiger partial charge in [-0.05, 0) is 24.6 Å². The largest absolute Gasteiger partial charge is 0.334 e. The highest BCUT2D eigenvalue weighted by molar-refractivity contribution is 9.10. The van der Waals surface area contributed by atoms with Crippen molar-refractivity contribution in [3.63, 3.8) is 0 Å². The molecule has 0 unspecified atom stereocenters. The number of aromatic nitrogens is 4. The first-order valence-electron chi connectivity index (χ1n) is 7.62. The second-order valence-electron chi connectivity index (χ2n) is 5.17. The van der Waals surface area contributed by atoms with E-state index in [2.05, 4.69) is 47.0 Å². The number of nitrogens with one attached hydrogen (secondary N) is 2. The van der Waals surface area contributed by atoms with Crippen LogP contribution in [0.15, 0.2) is 50.6 Å². The first kappa shape index (κ1) is 19.3. The van der Waals surface area contributed by atoms with Gasteiger partial charge < -0.3 is 11.2 Å². The number of nitrogens with zero attached hydrogens (tertiary/aromatic N) is 5. The lowest BCUT2D eigenvalue weighted by Gasteiger charge is -2.04. The molecule has 3 rings (SSSR count). The van der Waals surface area contributed by atoms with E-state index in [1.807, 2.05) is 31.2 Å². The summed E-state index contributed by atoms with van der Waals surface area (Å²) in [6.45, 7) is 1.87. The summed E-state index contributed by atoms with van der Waals surface area (Å²) in [6.07, 6.45) is 1.62. The maximum Gasteiger partial charge on any atom is 0.264 e. The van der Waals surface area contributed by atoms with Crippen LogP contribution in [0, 0.1) is 0 Å². The summed E-state index contributed by atoms with van der Waals surface area (Å²) in [4.78, 5) is 15.9. The molecule has 0 aliphatic carbocycles. The number of thiazole rings is 1. The Bertz CT molecular complexity index is 939. The Labute approximate surface area is 171 Å². The number of carbonyl (C=O) groups excluding carboxylic acids is 1. The van der Waals surface area contributed by atoms with Crippen molar-refractivity contribution in [2.45, 2.75) is 12.1 Å². The third-order valence-corrected chi connectivity index (χ3v) is 5.42. The number of hydrogen-bond donors (Lipinski definition) is 3. The monoisotopic (exact) mass is 466 g/mol. The molecule has 1 aromatic carbocycles. The molecule has 1 amide bonds. The Morgan fingerprint density at radius 2 is 2.15 bits per heavy atom. The Hall–Kier alpha value is -2.44. The second-order valence-corrected chi connectivity index (χ2v) is 7.92. The van der Waals surface area contributed by atoms with Crippen molar-refractivity contribution in [1.29, 1.82) is 0 Å². The van der Waals surface area contributed by atoms with Gasteiger partial charge >= 0.3 is 0 Å². The van der Waals surface area contributed by atoms with Gasteiger partial charge in [0.15, 0.2) is 5.13 Å². The molecule has 0 aliphatic heterocycles. The van der Waals surface area contributed by atoms with Gasteiger partial charge in [-0.1, -0.05) is 39.8 Å². The maximum atomic E-state index is 11.9. The zero-order chi connectivity index (χ0) is 19.2. The van der Waals surface area contributed by atoms with E-state index in [9.17, 15) is 4.79 Å². The number of hydrogen-bond acceptors (Lipinski definition) is 9. The normalized spacial score (nSPS) is 11.4. The average Bonchev–Trinajstić information content (AvgIpc) is 3.28. The van der Waals surface area contributed by atoms with E-state index in [0.717, 1.165) is 15.7 Å². The Kier molecular flexibility index (Phi) is 6.42. The highest BCUT2D eigenvalue weighted by Crippen LogP contribution is 2.18. The third kappa shape index (κ3) is 5.28. The van der Waals surface area contributed by atoms with Crippen LogP contribution in [-0.2, 0) is 4.79 Å². The molecule has 3 aromatic rings. The van der Waals surface area contributed by atoms with Crippen LogP contribution in [-0.4, -0.2) is 37.2 Å². The lowest BCUT2D eigenvalue weighted by Crippen LogP contribution is -2.17. The minimum absolute atomic E-state index is 0.135. The van der Waals surface area contributed by atoms with E-state index >= 15 is 0 Å². The van der Waals surface area contributed by atoms with E-state index in [4.69, 9.17) is 5.84 Å². The number of thioether (sulfide) groups is 1. The summed E-state index contributed by atoms with van der Waals surface area (Å²) in [5.41, 5.74) is 4.52. The number of benzene rings is 1. The standard InChI is InChI=1S/C15H15BrN8OS2/c1-9(10-2-4-11(16)5-3-10)20-21-13-22-23-15(24(13)17)27-8-12(25)19-14-18-6-7-26-14/h2-7H,8,17H2,1H3,(H,21,22)(H,18,19,25)/b20-9+. The molecule has 0 fully saturated rings. The van der Waals surface area contributed by atoms with Crippen molar-refractivity contribution < 1.29 is 4.79 Å². The van der Waals surface area contributed by atoms with Gasteiger partial charge in [0.2, 0.25) is 11.1 Å². The fraction of sp³-hybridized carbons (Fsp3) is 0.133. The zero-order valence-electron chi connectivity index (χ0n) is 14.1. The first-order valence-corrected chi connectivity index (χ1v) is 10.3. The molecule has 4 N–H and O–H groups in total. The summed E-state index contributed by atoms with van der Waals surface area (Å²) < 4.78 is 2.24. The quantitative estimate of drug-likeness (QED) is 0.211. The molecule has 0 aliphatic rings. The number of nitrogen functional groups attached to an aromatic ring is 1. The Morgan fingerprint density at radius 1 is 1.37 bits per heavy atom. The van der Waals surface area contributed by atoms with Crippen LogP contribution < -0.4 is 16.6 Å². The molecule has 2 heterocycles. The van der Waals surface area contributed by atoms with Gasteiger partial charge in [0.25, 0.3) is 5.95 Å². The Balaban J connectivity index is 1.57. The van der Waals surface area contributed by atoms with Gasteiger partial charge in [-0.3, -0.25) is 4.79 Å². The molecule has 0 saturated heterocycles. The van der Waals surface area contributed by atoms with Crippen molar-refractivity contribution in [1.82, 2.24) is 19.9 Å². The molecule has 0 spiro atoms. The Morgan fingerprint density at radius 3 is 2.85 bits per heavy atom. The van der Waals surface area contributed by atoms with Gasteiger partial charge in [-0.15, -0.1) is 21.5 Å². The zero-order valence-corrected chi connectivity index (χ0v) is 17.3. The van der Waals surface area contributed by atoms with Crippen LogP contribution in [0.5, 0.6) is 0 Å². The van der Waals surface area contributed by atoms with Crippen molar-refractivity contribution >= 4 is 61.7 Å². The maximum absolute atomic E-state index is 11.9. The van der Waals surface area contributed by atoms with Crippen LogP contribution in [0.4, 0.5) is 11.1 Å². The molecule has 0 atom stereocenters. The number of amides is 1. The van der Waals surface area contributed by atoms with Gasteiger partial charge in [-0.25, -0.2) is 15.1 Å². The van der Waals surface area contributed by atoms with Crippen LogP contribution in [0.3, 0.4) is 0 Å². The van der Waals surface area contributed by atoms with E-state index < -0.39 is 0 Å². The number of nitrogens with two attached hydrogens (primary N) is 1. The lowest BCUT2D eigenvalue weighted by atomic mass is 10.1. The van der Waals surface area contributed by atoms with Crippen molar-refractivity contribution in [2.75, 3.05) is 22.3 Å². The summed E-state index contributed by atoms with van der Waals surface area (Å²) in [7, 11) is 0. The van der Waals surface area contributed by atoms with Crippen LogP contribution in [0.2, 0.25) is 0 Å².